The number of carbonyl (C=O) groups is 2. The van der Waals surface area contributed by atoms with Gasteiger partial charge in [-0.15, -0.1) is 0 Å². The largest absolute Gasteiger partial charge is 0.490 e. The number of esters is 2. The lowest BCUT2D eigenvalue weighted by Gasteiger charge is -2.14. The second kappa shape index (κ2) is 10.9. The predicted octanol–water partition coefficient (Wildman–Crippen LogP) is 6.98. The average molecular weight is 667 g/mol. The van der Waals surface area contributed by atoms with Crippen molar-refractivity contribution in [3.63, 3.8) is 0 Å². The molecule has 1 heterocycles. The lowest BCUT2D eigenvalue weighted by molar-refractivity contribution is -0.129. The Bertz CT molecular complexity index is 1400. The van der Waals surface area contributed by atoms with Crippen LogP contribution in [0.15, 0.2) is 69.8 Å². The van der Waals surface area contributed by atoms with Crippen LogP contribution in [0.25, 0.3) is 6.08 Å². The van der Waals surface area contributed by atoms with E-state index >= 15 is 0 Å². The summed E-state index contributed by atoms with van der Waals surface area (Å²) in [7, 11) is 0. The van der Waals surface area contributed by atoms with Gasteiger partial charge in [-0.25, -0.2) is 14.6 Å². The van der Waals surface area contributed by atoms with Crippen LogP contribution < -0.4 is 9.47 Å². The predicted molar refractivity (Wildman–Crippen MR) is 146 cm³/mol. The van der Waals surface area contributed by atoms with E-state index in [9.17, 15) is 9.59 Å². The smallest absolute Gasteiger partial charge is 0.363 e. The van der Waals surface area contributed by atoms with E-state index in [0.29, 0.717) is 22.4 Å². The zero-order chi connectivity index (χ0) is 25.1. The van der Waals surface area contributed by atoms with Gasteiger partial charge in [0.1, 0.15) is 0 Å². The zero-order valence-corrected chi connectivity index (χ0v) is 23.1. The summed E-state index contributed by atoms with van der Waals surface area (Å²) < 4.78 is 18.3. The van der Waals surface area contributed by atoms with Gasteiger partial charge in [0, 0.05) is 9.13 Å². The van der Waals surface area contributed by atoms with Gasteiger partial charge in [-0.1, -0.05) is 23.7 Å². The Balaban J connectivity index is 1.66. The first-order valence-electron chi connectivity index (χ1n) is 10.5. The van der Waals surface area contributed by atoms with Gasteiger partial charge in [-0.2, -0.15) is 0 Å². The fourth-order valence-electron chi connectivity index (χ4n) is 3.28. The number of hydrogen-bond donors (Lipinski definition) is 0. The van der Waals surface area contributed by atoms with Gasteiger partial charge < -0.3 is 14.2 Å². The Morgan fingerprint density at radius 3 is 2.69 bits per heavy atom. The summed E-state index contributed by atoms with van der Waals surface area (Å²) in [5, 5.41) is 0.282. The first-order chi connectivity index (χ1) is 16.8. The van der Waals surface area contributed by atoms with E-state index in [1.165, 1.54) is 0 Å². The first-order valence-corrected chi connectivity index (χ1v) is 12.7. The molecule has 1 aliphatic heterocycles. The van der Waals surface area contributed by atoms with Gasteiger partial charge in [0.15, 0.2) is 17.2 Å². The highest BCUT2D eigenvalue weighted by Gasteiger charge is 2.25. The zero-order valence-electron chi connectivity index (χ0n) is 18.6. The lowest BCUT2D eigenvalue weighted by atomic mass is 10.1. The van der Waals surface area contributed by atoms with Crippen molar-refractivity contribution in [2.24, 2.45) is 4.99 Å². The van der Waals surface area contributed by atoms with Crippen LogP contribution in [-0.2, 0) is 9.53 Å². The molecule has 0 bridgehead atoms. The maximum absolute atomic E-state index is 12.7. The quantitative estimate of drug-likeness (QED) is 0.123. The maximum atomic E-state index is 12.7. The van der Waals surface area contributed by atoms with E-state index in [1.807, 2.05) is 32.0 Å². The second-order valence-corrected chi connectivity index (χ2v) is 9.86. The molecule has 0 saturated heterocycles. The molecule has 3 aromatic rings. The number of rotatable bonds is 6. The first kappa shape index (κ1) is 25.4. The number of carbonyl (C=O) groups excluding carboxylic acids is 2. The number of cyclic esters (lactones) is 1. The van der Waals surface area contributed by atoms with E-state index < -0.39 is 11.9 Å². The number of benzene rings is 3. The molecule has 6 nitrogen and oxygen atoms in total. The minimum absolute atomic E-state index is 0.145. The molecule has 0 aliphatic carbocycles. The van der Waals surface area contributed by atoms with Gasteiger partial charge in [0.05, 0.1) is 21.7 Å². The third-order valence-electron chi connectivity index (χ3n) is 4.95. The van der Waals surface area contributed by atoms with E-state index in [0.717, 1.165) is 14.7 Å². The van der Waals surface area contributed by atoms with Crippen molar-refractivity contribution in [2.75, 3.05) is 6.61 Å². The number of ether oxygens (including phenoxy) is 3. The van der Waals surface area contributed by atoms with Crippen LogP contribution in [0.1, 0.15) is 34.0 Å². The molecule has 0 fully saturated rings. The summed E-state index contributed by atoms with van der Waals surface area (Å²) in [6.07, 6.45) is 1.59. The molecular formula is C26H18BrClINO5. The van der Waals surface area contributed by atoms with Crippen molar-refractivity contribution in [3.05, 3.63) is 95.6 Å². The van der Waals surface area contributed by atoms with Crippen LogP contribution in [0.4, 0.5) is 0 Å². The lowest BCUT2D eigenvalue weighted by Crippen LogP contribution is -2.11. The Kier molecular flexibility index (Phi) is 7.93. The number of halogens is 3. The van der Waals surface area contributed by atoms with E-state index in [1.54, 1.807) is 42.5 Å². The van der Waals surface area contributed by atoms with E-state index in [2.05, 4.69) is 43.5 Å². The summed E-state index contributed by atoms with van der Waals surface area (Å²) in [6.45, 7) is 4.12. The molecule has 35 heavy (non-hydrogen) atoms. The summed E-state index contributed by atoms with van der Waals surface area (Å²) in [6, 6.07) is 15.7. The van der Waals surface area contributed by atoms with Crippen molar-refractivity contribution in [1.82, 2.24) is 0 Å². The Labute approximate surface area is 229 Å². The fourth-order valence-corrected chi connectivity index (χ4v) is 4.36. The second-order valence-electron chi connectivity index (χ2n) is 7.43. The van der Waals surface area contributed by atoms with Crippen LogP contribution >= 0.6 is 50.1 Å². The fraction of sp³-hybridized carbons (Fsp3) is 0.115. The van der Waals surface area contributed by atoms with Gasteiger partial charge >= 0.3 is 11.9 Å². The Morgan fingerprint density at radius 2 is 1.97 bits per heavy atom. The molecule has 3 aromatic carbocycles. The van der Waals surface area contributed by atoms with Crippen LogP contribution in [0.3, 0.4) is 0 Å². The molecule has 1 aliphatic rings. The monoisotopic (exact) mass is 665 g/mol. The Hall–Kier alpha value is -2.69. The average Bonchev–Trinajstić information content (AvgIpc) is 3.18. The van der Waals surface area contributed by atoms with Crippen LogP contribution in [0, 0.1) is 10.5 Å². The highest BCUT2D eigenvalue weighted by Crippen LogP contribution is 2.38. The van der Waals surface area contributed by atoms with Gasteiger partial charge in [0.25, 0.3) is 0 Å². The highest BCUT2D eigenvalue weighted by atomic mass is 127. The SMILES string of the molecule is CCOc1cc(/C=C2\N=C(c3ccc(I)c(C)c3)OC2=O)cc(Br)c1OC(=O)c1ccccc1Cl. The minimum atomic E-state index is -0.621. The highest BCUT2D eigenvalue weighted by molar-refractivity contribution is 14.1. The van der Waals surface area contributed by atoms with E-state index in [4.69, 9.17) is 25.8 Å². The number of aryl methyl sites for hydroxylation is 1. The van der Waals surface area contributed by atoms with Crippen LogP contribution in [0.5, 0.6) is 11.5 Å². The molecule has 0 radical (unpaired) electrons. The van der Waals surface area contributed by atoms with Gasteiger partial charge in [-0.05, 0) is 112 Å². The summed E-state index contributed by atoms with van der Waals surface area (Å²) in [5.41, 5.74) is 2.76. The summed E-state index contributed by atoms with van der Waals surface area (Å²) in [5.74, 6) is -0.413. The van der Waals surface area contributed by atoms with E-state index in [-0.39, 0.29) is 27.9 Å². The molecule has 4 rings (SSSR count). The van der Waals surface area contributed by atoms with Crippen molar-refractivity contribution in [2.45, 2.75) is 13.8 Å². The molecule has 0 saturated carbocycles. The number of aliphatic imine (C=N–C) groups is 1. The van der Waals surface area contributed by atoms with Gasteiger partial charge in [0.2, 0.25) is 5.90 Å². The topological polar surface area (TPSA) is 74.2 Å². The maximum Gasteiger partial charge on any atom is 0.363 e. The van der Waals surface area contributed by atoms with Crippen molar-refractivity contribution in [1.29, 1.82) is 0 Å². The number of nitrogens with zero attached hydrogens (tertiary/aromatic N) is 1. The number of hydrogen-bond acceptors (Lipinski definition) is 6. The third-order valence-corrected chi connectivity index (χ3v) is 7.08. The standard InChI is InChI=1S/C26H18BrClINO5/c1-3-33-22-13-15(11-18(27)23(22)34-25(31)17-6-4-5-7-19(17)28)12-21-26(32)35-24(30-21)16-8-9-20(29)14(2)10-16/h4-13H,3H2,1-2H3/b21-12-. The van der Waals surface area contributed by atoms with Crippen molar-refractivity contribution < 1.29 is 23.8 Å². The Morgan fingerprint density at radius 1 is 1.20 bits per heavy atom. The van der Waals surface area contributed by atoms with Crippen LogP contribution in [-0.4, -0.2) is 24.4 Å². The molecule has 0 spiro atoms. The third kappa shape index (κ3) is 5.76. The summed E-state index contributed by atoms with van der Waals surface area (Å²) >= 11 is 11.8. The van der Waals surface area contributed by atoms with Crippen molar-refractivity contribution in [3.8, 4) is 11.5 Å². The minimum Gasteiger partial charge on any atom is -0.490 e. The molecule has 178 valence electrons. The molecule has 0 N–H and O–H groups in total. The molecule has 0 amide bonds. The molecule has 9 heteroatoms. The molecule has 0 aromatic heterocycles. The van der Waals surface area contributed by atoms with Crippen LogP contribution in [0.2, 0.25) is 5.02 Å². The molecule has 0 atom stereocenters. The normalized spacial score (nSPS) is 14.0. The van der Waals surface area contributed by atoms with Gasteiger partial charge in [-0.3, -0.25) is 0 Å². The van der Waals surface area contributed by atoms with Crippen molar-refractivity contribution >= 4 is 74.0 Å². The molecule has 0 unspecified atom stereocenters. The molecular weight excluding hydrogens is 649 g/mol. The summed E-state index contributed by atoms with van der Waals surface area (Å²) in [4.78, 5) is 29.5.